The lowest BCUT2D eigenvalue weighted by molar-refractivity contribution is 0.241. The average molecular weight is 271 g/mol. The summed E-state index contributed by atoms with van der Waals surface area (Å²) in [6.07, 6.45) is 3.15. The molecule has 0 saturated carbocycles. The van der Waals surface area contributed by atoms with Crippen molar-refractivity contribution >= 4 is 11.8 Å². The van der Waals surface area contributed by atoms with E-state index < -0.39 is 0 Å². The molecular formula is C16H17NOS. The van der Waals surface area contributed by atoms with Crippen molar-refractivity contribution in [3.05, 3.63) is 48.0 Å². The molecule has 2 aromatic rings. The summed E-state index contributed by atoms with van der Waals surface area (Å²) in [7, 11) is 0. The third kappa shape index (κ3) is 2.48. The number of ether oxygens (including phenoxy) is 1. The van der Waals surface area contributed by atoms with Crippen molar-refractivity contribution in [3.63, 3.8) is 0 Å². The monoisotopic (exact) mass is 271 g/mol. The summed E-state index contributed by atoms with van der Waals surface area (Å²) < 4.78 is 5.76. The first-order valence-corrected chi connectivity index (χ1v) is 7.66. The highest BCUT2D eigenvalue weighted by molar-refractivity contribution is 7.98. The Morgan fingerprint density at radius 1 is 1.16 bits per heavy atom. The maximum atomic E-state index is 5.76. The van der Waals surface area contributed by atoms with Crippen LogP contribution in [0.4, 0.5) is 0 Å². The van der Waals surface area contributed by atoms with Gasteiger partial charge in [-0.25, -0.2) is 0 Å². The number of hydrogen-bond acceptors (Lipinski definition) is 3. The van der Waals surface area contributed by atoms with Gasteiger partial charge >= 0.3 is 0 Å². The fraction of sp³-hybridized carbons (Fsp3) is 0.250. The van der Waals surface area contributed by atoms with E-state index in [1.165, 1.54) is 21.6 Å². The predicted molar refractivity (Wildman–Crippen MR) is 80.8 cm³/mol. The summed E-state index contributed by atoms with van der Waals surface area (Å²) >= 11 is 1.76. The summed E-state index contributed by atoms with van der Waals surface area (Å²) in [5.74, 6) is 0.986. The van der Waals surface area contributed by atoms with Crippen molar-refractivity contribution in [1.29, 1.82) is 0 Å². The van der Waals surface area contributed by atoms with Crippen molar-refractivity contribution in [2.24, 2.45) is 5.73 Å². The van der Waals surface area contributed by atoms with Crippen molar-refractivity contribution < 1.29 is 4.74 Å². The molecule has 2 nitrogen and oxygen atoms in total. The number of fused-ring (bicyclic) bond motifs is 1. The Morgan fingerprint density at radius 2 is 1.89 bits per heavy atom. The molecule has 0 aromatic heterocycles. The standard InChI is InChI=1S/C16H17NOS/c1-19-15-5-2-11(3-6-15)12-4-7-16-13(8-12)9-14(10-17)18-16/h2-8,14H,9-10,17H2,1H3. The second-order valence-corrected chi connectivity index (χ2v) is 5.61. The van der Waals surface area contributed by atoms with Gasteiger partial charge in [0.1, 0.15) is 11.9 Å². The Bertz CT molecular complexity index is 580. The summed E-state index contributed by atoms with van der Waals surface area (Å²) in [5, 5.41) is 0. The molecule has 0 fully saturated rings. The van der Waals surface area contributed by atoms with Crippen LogP contribution in [0.15, 0.2) is 47.4 Å². The summed E-state index contributed by atoms with van der Waals surface area (Å²) in [4.78, 5) is 1.29. The SMILES string of the molecule is CSc1ccc(-c2ccc3c(c2)CC(CN)O3)cc1. The molecule has 0 bridgehead atoms. The molecule has 1 aliphatic rings. The maximum absolute atomic E-state index is 5.76. The van der Waals surface area contributed by atoms with Crippen LogP contribution in [0, 0.1) is 0 Å². The molecule has 2 N–H and O–H groups in total. The Hall–Kier alpha value is -1.45. The van der Waals surface area contributed by atoms with Crippen LogP contribution < -0.4 is 10.5 Å². The molecule has 0 amide bonds. The predicted octanol–water partition coefficient (Wildman–Crippen LogP) is 3.34. The Morgan fingerprint density at radius 3 is 2.58 bits per heavy atom. The molecule has 1 heterocycles. The smallest absolute Gasteiger partial charge is 0.123 e. The largest absolute Gasteiger partial charge is 0.488 e. The lowest BCUT2D eigenvalue weighted by Crippen LogP contribution is -2.24. The first kappa shape index (κ1) is 12.6. The first-order chi connectivity index (χ1) is 9.30. The summed E-state index contributed by atoms with van der Waals surface area (Å²) in [6, 6.07) is 15.1. The molecule has 0 saturated heterocycles. The van der Waals surface area contributed by atoms with Crippen LogP contribution >= 0.6 is 11.8 Å². The Labute approximate surface area is 118 Å². The first-order valence-electron chi connectivity index (χ1n) is 6.44. The summed E-state index contributed by atoms with van der Waals surface area (Å²) in [6.45, 7) is 0.576. The van der Waals surface area contributed by atoms with Crippen LogP contribution in [0.3, 0.4) is 0 Å². The van der Waals surface area contributed by atoms with E-state index in [-0.39, 0.29) is 6.10 Å². The van der Waals surface area contributed by atoms with Gasteiger partial charge in [-0.2, -0.15) is 0 Å². The fourth-order valence-corrected chi connectivity index (χ4v) is 2.82. The van der Waals surface area contributed by atoms with Crippen LogP contribution in [0.25, 0.3) is 11.1 Å². The molecule has 0 spiro atoms. The van der Waals surface area contributed by atoms with Gasteiger partial charge in [-0.05, 0) is 47.2 Å². The maximum Gasteiger partial charge on any atom is 0.123 e. The number of rotatable bonds is 3. The van der Waals surface area contributed by atoms with Crippen molar-refractivity contribution in [2.75, 3.05) is 12.8 Å². The second kappa shape index (κ2) is 5.27. The van der Waals surface area contributed by atoms with Gasteiger partial charge in [0.2, 0.25) is 0 Å². The molecule has 1 aliphatic heterocycles. The van der Waals surface area contributed by atoms with Gasteiger partial charge in [-0.15, -0.1) is 11.8 Å². The van der Waals surface area contributed by atoms with Crippen molar-refractivity contribution in [2.45, 2.75) is 17.4 Å². The molecular weight excluding hydrogens is 254 g/mol. The highest BCUT2D eigenvalue weighted by atomic mass is 32.2. The zero-order valence-corrected chi connectivity index (χ0v) is 11.7. The van der Waals surface area contributed by atoms with E-state index >= 15 is 0 Å². The van der Waals surface area contributed by atoms with Crippen LogP contribution in [0.2, 0.25) is 0 Å². The van der Waals surface area contributed by atoms with Gasteiger partial charge < -0.3 is 10.5 Å². The van der Waals surface area contributed by atoms with Gasteiger partial charge in [0.05, 0.1) is 0 Å². The number of benzene rings is 2. The van der Waals surface area contributed by atoms with E-state index in [0.717, 1.165) is 12.2 Å². The molecule has 2 aromatic carbocycles. The van der Waals surface area contributed by atoms with Crippen molar-refractivity contribution in [1.82, 2.24) is 0 Å². The average Bonchev–Trinajstić information content (AvgIpc) is 2.89. The topological polar surface area (TPSA) is 35.2 Å². The number of nitrogens with two attached hydrogens (primary N) is 1. The lowest BCUT2D eigenvalue weighted by Gasteiger charge is -2.06. The van der Waals surface area contributed by atoms with Crippen LogP contribution in [-0.4, -0.2) is 18.9 Å². The van der Waals surface area contributed by atoms with Crippen LogP contribution in [-0.2, 0) is 6.42 Å². The molecule has 1 unspecified atom stereocenters. The minimum absolute atomic E-state index is 0.143. The normalized spacial score (nSPS) is 17.1. The quantitative estimate of drug-likeness (QED) is 0.870. The Balaban J connectivity index is 1.90. The fourth-order valence-electron chi connectivity index (χ4n) is 2.41. The van der Waals surface area contributed by atoms with Gasteiger partial charge in [0.15, 0.2) is 0 Å². The summed E-state index contributed by atoms with van der Waals surface area (Å²) in [5.41, 5.74) is 9.42. The van der Waals surface area contributed by atoms with Gasteiger partial charge in [0, 0.05) is 17.9 Å². The second-order valence-electron chi connectivity index (χ2n) is 4.73. The molecule has 3 rings (SSSR count). The third-order valence-electron chi connectivity index (χ3n) is 3.49. The number of thioether (sulfide) groups is 1. The highest BCUT2D eigenvalue weighted by Crippen LogP contribution is 2.33. The third-order valence-corrected chi connectivity index (χ3v) is 4.23. The van der Waals surface area contributed by atoms with Gasteiger partial charge in [-0.1, -0.05) is 18.2 Å². The minimum atomic E-state index is 0.143. The molecule has 1 atom stereocenters. The van der Waals surface area contributed by atoms with Gasteiger partial charge in [0.25, 0.3) is 0 Å². The van der Waals surface area contributed by atoms with Crippen LogP contribution in [0.1, 0.15) is 5.56 Å². The van der Waals surface area contributed by atoms with Crippen LogP contribution in [0.5, 0.6) is 5.75 Å². The molecule has 19 heavy (non-hydrogen) atoms. The van der Waals surface area contributed by atoms with E-state index in [9.17, 15) is 0 Å². The minimum Gasteiger partial charge on any atom is -0.488 e. The molecule has 0 aliphatic carbocycles. The van der Waals surface area contributed by atoms with E-state index in [0.29, 0.717) is 6.54 Å². The molecule has 98 valence electrons. The van der Waals surface area contributed by atoms with E-state index in [2.05, 4.69) is 48.7 Å². The van der Waals surface area contributed by atoms with E-state index in [1.54, 1.807) is 11.8 Å². The zero-order valence-electron chi connectivity index (χ0n) is 10.9. The van der Waals surface area contributed by atoms with Gasteiger partial charge in [-0.3, -0.25) is 0 Å². The molecule has 0 radical (unpaired) electrons. The van der Waals surface area contributed by atoms with Crippen molar-refractivity contribution in [3.8, 4) is 16.9 Å². The molecule has 3 heteroatoms. The number of hydrogen-bond donors (Lipinski definition) is 1. The zero-order chi connectivity index (χ0) is 13.2. The lowest BCUT2D eigenvalue weighted by atomic mass is 10.0. The van der Waals surface area contributed by atoms with E-state index in [4.69, 9.17) is 10.5 Å². The van der Waals surface area contributed by atoms with E-state index in [1.807, 2.05) is 0 Å². The Kier molecular flexibility index (Phi) is 3.49. The highest BCUT2D eigenvalue weighted by Gasteiger charge is 2.21.